The molecule has 0 unspecified atom stereocenters. The minimum atomic E-state index is -0.997. The summed E-state index contributed by atoms with van der Waals surface area (Å²) in [7, 11) is 1.45. The molecule has 0 saturated heterocycles. The van der Waals surface area contributed by atoms with Crippen molar-refractivity contribution in [1.82, 2.24) is 5.32 Å². The highest BCUT2D eigenvalue weighted by molar-refractivity contribution is 5.97. The number of nitrogens with zero attached hydrogens (tertiary/aromatic N) is 1. The van der Waals surface area contributed by atoms with Gasteiger partial charge in [-0.05, 0) is 38.1 Å². The highest BCUT2D eigenvalue weighted by atomic mass is 16.6. The minimum Gasteiger partial charge on any atom is -0.496 e. The number of amides is 1. The van der Waals surface area contributed by atoms with E-state index in [0.717, 1.165) is 6.07 Å². The lowest BCUT2D eigenvalue weighted by atomic mass is 10.1. The van der Waals surface area contributed by atoms with Gasteiger partial charge in [0, 0.05) is 28.8 Å². The second kappa shape index (κ2) is 9.45. The van der Waals surface area contributed by atoms with Crippen LogP contribution in [-0.4, -0.2) is 35.7 Å². The number of ether oxygens (including phenoxy) is 2. The van der Waals surface area contributed by atoms with Crippen LogP contribution in [0.4, 0.5) is 5.69 Å². The average Bonchev–Trinajstić information content (AvgIpc) is 2.71. The van der Waals surface area contributed by atoms with Gasteiger partial charge >= 0.3 is 5.97 Å². The SMILES string of the molecule is COc1ccc(C(C)=O)cc1COC(=O)[C@H](C)NC(=O)c1cccc([N+](=O)[O-])c1. The van der Waals surface area contributed by atoms with Gasteiger partial charge in [-0.1, -0.05) is 6.07 Å². The lowest BCUT2D eigenvalue weighted by molar-refractivity contribution is -0.384. The number of esters is 1. The third kappa shape index (κ3) is 5.61. The Hall–Kier alpha value is -3.75. The maximum atomic E-state index is 12.2. The molecule has 0 aliphatic rings. The van der Waals surface area contributed by atoms with E-state index in [2.05, 4.69) is 5.32 Å². The third-order valence-electron chi connectivity index (χ3n) is 4.08. The van der Waals surface area contributed by atoms with Crippen molar-refractivity contribution >= 4 is 23.3 Å². The summed E-state index contributed by atoms with van der Waals surface area (Å²) in [5.74, 6) is -1.04. The number of methoxy groups -OCH3 is 1. The predicted octanol–water partition coefficient (Wildman–Crippen LogP) is 2.67. The van der Waals surface area contributed by atoms with E-state index in [1.807, 2.05) is 0 Å². The van der Waals surface area contributed by atoms with Crippen LogP contribution in [0, 0.1) is 10.1 Å². The zero-order chi connectivity index (χ0) is 21.6. The summed E-state index contributed by atoms with van der Waals surface area (Å²) in [5, 5.41) is 13.2. The van der Waals surface area contributed by atoms with Gasteiger partial charge in [0.15, 0.2) is 5.78 Å². The van der Waals surface area contributed by atoms with E-state index in [9.17, 15) is 24.5 Å². The number of ketones is 1. The number of nitrogens with one attached hydrogen (secondary N) is 1. The number of hydrogen-bond donors (Lipinski definition) is 1. The summed E-state index contributed by atoms with van der Waals surface area (Å²) in [5.41, 5.74) is 0.773. The molecule has 2 rings (SSSR count). The summed E-state index contributed by atoms with van der Waals surface area (Å²) in [4.78, 5) is 46.2. The summed E-state index contributed by atoms with van der Waals surface area (Å²) < 4.78 is 10.4. The predicted molar refractivity (Wildman–Crippen MR) is 103 cm³/mol. The van der Waals surface area contributed by atoms with Crippen molar-refractivity contribution in [3.8, 4) is 5.75 Å². The molecular formula is C20H20N2O7. The van der Waals surface area contributed by atoms with Gasteiger partial charge in [-0.3, -0.25) is 19.7 Å². The van der Waals surface area contributed by atoms with Crippen molar-refractivity contribution in [1.29, 1.82) is 0 Å². The van der Waals surface area contributed by atoms with E-state index in [-0.39, 0.29) is 23.6 Å². The van der Waals surface area contributed by atoms with Crippen molar-refractivity contribution in [2.75, 3.05) is 7.11 Å². The smallest absolute Gasteiger partial charge is 0.328 e. The molecule has 1 N–H and O–H groups in total. The van der Waals surface area contributed by atoms with E-state index in [0.29, 0.717) is 16.9 Å². The molecule has 2 aromatic carbocycles. The fourth-order valence-electron chi connectivity index (χ4n) is 2.48. The molecule has 2 aromatic rings. The van der Waals surface area contributed by atoms with Gasteiger partial charge < -0.3 is 14.8 Å². The van der Waals surface area contributed by atoms with Gasteiger partial charge in [0.2, 0.25) is 0 Å². The van der Waals surface area contributed by atoms with E-state index in [4.69, 9.17) is 9.47 Å². The molecule has 0 saturated carbocycles. The zero-order valence-electron chi connectivity index (χ0n) is 16.1. The molecule has 0 heterocycles. The molecule has 0 bridgehead atoms. The summed E-state index contributed by atoms with van der Waals surface area (Å²) in [6.07, 6.45) is 0. The van der Waals surface area contributed by atoms with E-state index in [1.165, 1.54) is 39.2 Å². The fourth-order valence-corrected chi connectivity index (χ4v) is 2.48. The van der Waals surface area contributed by atoms with Gasteiger partial charge in [0.1, 0.15) is 18.4 Å². The monoisotopic (exact) mass is 400 g/mol. The number of rotatable bonds is 8. The molecule has 0 aliphatic heterocycles. The molecule has 0 spiro atoms. The van der Waals surface area contributed by atoms with Gasteiger partial charge in [0.05, 0.1) is 12.0 Å². The second-order valence-corrected chi connectivity index (χ2v) is 6.19. The quantitative estimate of drug-likeness (QED) is 0.312. The van der Waals surface area contributed by atoms with E-state index in [1.54, 1.807) is 18.2 Å². The van der Waals surface area contributed by atoms with Crippen LogP contribution in [0.25, 0.3) is 0 Å². The third-order valence-corrected chi connectivity index (χ3v) is 4.08. The number of hydrogen-bond acceptors (Lipinski definition) is 7. The normalized spacial score (nSPS) is 11.3. The highest BCUT2D eigenvalue weighted by Crippen LogP contribution is 2.21. The van der Waals surface area contributed by atoms with Crippen LogP contribution in [0.3, 0.4) is 0 Å². The Kier molecular flexibility index (Phi) is 7.02. The van der Waals surface area contributed by atoms with E-state index < -0.39 is 22.8 Å². The van der Waals surface area contributed by atoms with E-state index >= 15 is 0 Å². The highest BCUT2D eigenvalue weighted by Gasteiger charge is 2.20. The van der Waals surface area contributed by atoms with Crippen LogP contribution in [0.15, 0.2) is 42.5 Å². The van der Waals surface area contributed by atoms with Crippen molar-refractivity contribution in [2.24, 2.45) is 0 Å². The topological polar surface area (TPSA) is 125 Å². The molecular weight excluding hydrogens is 380 g/mol. The molecule has 1 amide bonds. The number of carbonyl (C=O) groups is 3. The molecule has 29 heavy (non-hydrogen) atoms. The van der Waals surface area contributed by atoms with Crippen LogP contribution in [-0.2, 0) is 16.1 Å². The van der Waals surface area contributed by atoms with Crippen LogP contribution in [0.2, 0.25) is 0 Å². The number of non-ortho nitro benzene ring substituents is 1. The first-order chi connectivity index (χ1) is 13.7. The first kappa shape index (κ1) is 21.5. The van der Waals surface area contributed by atoms with Crippen LogP contribution < -0.4 is 10.1 Å². The summed E-state index contributed by atoms with van der Waals surface area (Å²) in [6.45, 7) is 2.70. The molecule has 0 radical (unpaired) electrons. The number of nitro benzene ring substituents is 1. The first-order valence-electron chi connectivity index (χ1n) is 8.62. The maximum absolute atomic E-state index is 12.2. The van der Waals surface area contributed by atoms with Gasteiger partial charge in [-0.15, -0.1) is 0 Å². The Morgan fingerprint density at radius 2 is 1.86 bits per heavy atom. The molecule has 9 heteroatoms. The molecule has 9 nitrogen and oxygen atoms in total. The Morgan fingerprint density at radius 1 is 1.14 bits per heavy atom. The molecule has 1 atom stereocenters. The zero-order valence-corrected chi connectivity index (χ0v) is 16.1. The Labute approximate surface area is 166 Å². The molecule has 0 aromatic heterocycles. The van der Waals surface area contributed by atoms with Crippen LogP contribution in [0.1, 0.15) is 40.1 Å². The number of Topliss-reactive ketones (excluding diaryl/α,β-unsaturated/α-hetero) is 1. The Bertz CT molecular complexity index is 956. The van der Waals surface area contributed by atoms with Gasteiger partial charge in [-0.25, -0.2) is 4.79 Å². The van der Waals surface area contributed by atoms with Crippen LogP contribution >= 0.6 is 0 Å². The average molecular weight is 400 g/mol. The van der Waals surface area contributed by atoms with Crippen LogP contribution in [0.5, 0.6) is 5.75 Å². The lowest BCUT2D eigenvalue weighted by Crippen LogP contribution is -2.39. The Balaban J connectivity index is 2.02. The minimum absolute atomic E-state index is 0.0506. The van der Waals surface area contributed by atoms with Gasteiger partial charge in [-0.2, -0.15) is 0 Å². The maximum Gasteiger partial charge on any atom is 0.328 e. The molecule has 0 aliphatic carbocycles. The van der Waals surface area contributed by atoms with Crippen molar-refractivity contribution in [2.45, 2.75) is 26.5 Å². The number of benzene rings is 2. The van der Waals surface area contributed by atoms with Crippen molar-refractivity contribution in [3.63, 3.8) is 0 Å². The standard InChI is InChI=1S/C20H20N2O7/c1-12(21-19(24)15-5-4-6-17(10-15)22(26)27)20(25)29-11-16-9-14(13(2)23)7-8-18(16)28-3/h4-10,12H,11H2,1-3H3,(H,21,24)/t12-/m0/s1. The number of nitro groups is 1. The second-order valence-electron chi connectivity index (χ2n) is 6.19. The number of carbonyl (C=O) groups excluding carboxylic acids is 3. The summed E-state index contributed by atoms with van der Waals surface area (Å²) >= 11 is 0. The van der Waals surface area contributed by atoms with Gasteiger partial charge in [0.25, 0.3) is 11.6 Å². The molecule has 152 valence electrons. The Morgan fingerprint density at radius 3 is 2.48 bits per heavy atom. The summed E-state index contributed by atoms with van der Waals surface area (Å²) in [6, 6.07) is 8.94. The molecule has 0 fully saturated rings. The lowest BCUT2D eigenvalue weighted by Gasteiger charge is -2.15. The largest absolute Gasteiger partial charge is 0.496 e. The first-order valence-corrected chi connectivity index (χ1v) is 8.62. The fraction of sp³-hybridized carbons (Fsp3) is 0.250. The van der Waals surface area contributed by atoms with Crippen molar-refractivity contribution < 1.29 is 28.8 Å². The van der Waals surface area contributed by atoms with Crippen molar-refractivity contribution in [3.05, 3.63) is 69.3 Å².